The molecule has 2 rings (SSSR count). The number of carbonyl (C=O) groups excluding carboxylic acids is 1. The second-order valence-corrected chi connectivity index (χ2v) is 6.02. The van der Waals surface area contributed by atoms with Crippen LogP contribution in [0.5, 0.6) is 0 Å². The number of nitrogens with zero attached hydrogens (tertiary/aromatic N) is 1. The van der Waals surface area contributed by atoms with Gasteiger partial charge in [0.05, 0.1) is 6.10 Å². The van der Waals surface area contributed by atoms with Crippen LogP contribution in [0.2, 0.25) is 0 Å². The molecule has 0 bridgehead atoms. The van der Waals surface area contributed by atoms with Crippen molar-refractivity contribution < 1.29 is 9.90 Å². The van der Waals surface area contributed by atoms with E-state index in [9.17, 15) is 9.90 Å². The van der Waals surface area contributed by atoms with Crippen molar-refractivity contribution in [3.8, 4) is 0 Å². The summed E-state index contributed by atoms with van der Waals surface area (Å²) in [5.41, 5.74) is 5.36. The summed E-state index contributed by atoms with van der Waals surface area (Å²) in [5, 5.41) is 10.1. The molecular formula is C14H26N2O2. The Kier molecular flexibility index (Phi) is 4.62. The van der Waals surface area contributed by atoms with Crippen LogP contribution in [0.15, 0.2) is 0 Å². The first kappa shape index (κ1) is 13.8. The fourth-order valence-corrected chi connectivity index (χ4v) is 3.59. The molecule has 3 N–H and O–H groups in total. The first-order valence-electron chi connectivity index (χ1n) is 7.31. The summed E-state index contributed by atoms with van der Waals surface area (Å²) >= 11 is 0. The van der Waals surface area contributed by atoms with Gasteiger partial charge in [0.1, 0.15) is 0 Å². The van der Waals surface area contributed by atoms with Crippen molar-refractivity contribution >= 4 is 5.91 Å². The van der Waals surface area contributed by atoms with Crippen LogP contribution in [0.25, 0.3) is 0 Å². The summed E-state index contributed by atoms with van der Waals surface area (Å²) in [4.78, 5) is 13.6. The molecule has 0 aromatic rings. The molecule has 4 unspecified atom stereocenters. The standard InChI is InChI=1S/C14H26N2O2/c1-10(14(15)18)9-16-8-3-2-6-12(16)11-5-4-7-13(11)17/h10-13,17H,2-9H2,1H3,(H2,15,18). The molecule has 18 heavy (non-hydrogen) atoms. The van der Waals surface area contributed by atoms with E-state index in [4.69, 9.17) is 5.73 Å². The summed E-state index contributed by atoms with van der Waals surface area (Å²) < 4.78 is 0. The molecule has 1 saturated heterocycles. The number of aliphatic hydroxyl groups excluding tert-OH is 1. The fraction of sp³-hybridized carbons (Fsp3) is 0.929. The molecule has 1 aliphatic carbocycles. The second-order valence-electron chi connectivity index (χ2n) is 6.02. The quantitative estimate of drug-likeness (QED) is 0.790. The van der Waals surface area contributed by atoms with E-state index in [1.54, 1.807) is 0 Å². The largest absolute Gasteiger partial charge is 0.393 e. The molecule has 1 heterocycles. The molecule has 1 saturated carbocycles. The summed E-state index contributed by atoms with van der Waals surface area (Å²) in [6.07, 6.45) is 6.68. The molecule has 0 radical (unpaired) electrons. The van der Waals surface area contributed by atoms with E-state index in [1.807, 2.05) is 6.92 Å². The zero-order valence-electron chi connectivity index (χ0n) is 11.3. The topological polar surface area (TPSA) is 66.6 Å². The number of piperidine rings is 1. The van der Waals surface area contributed by atoms with Gasteiger partial charge in [-0.25, -0.2) is 0 Å². The Bertz CT molecular complexity index is 296. The second kappa shape index (κ2) is 6.02. The van der Waals surface area contributed by atoms with E-state index in [-0.39, 0.29) is 17.9 Å². The fourth-order valence-electron chi connectivity index (χ4n) is 3.59. The highest BCUT2D eigenvalue weighted by atomic mass is 16.3. The number of hydrogen-bond acceptors (Lipinski definition) is 3. The van der Waals surface area contributed by atoms with E-state index in [0.717, 1.165) is 38.8 Å². The number of amides is 1. The maximum atomic E-state index is 11.2. The van der Waals surface area contributed by atoms with Crippen molar-refractivity contribution in [1.29, 1.82) is 0 Å². The SMILES string of the molecule is CC(CN1CCCCC1C1CCCC1O)C(N)=O. The molecule has 4 atom stereocenters. The van der Waals surface area contributed by atoms with Gasteiger partial charge in [0.2, 0.25) is 5.91 Å². The first-order chi connectivity index (χ1) is 8.59. The number of nitrogens with two attached hydrogens (primary N) is 1. The van der Waals surface area contributed by atoms with Crippen LogP contribution in [0.3, 0.4) is 0 Å². The van der Waals surface area contributed by atoms with E-state index in [0.29, 0.717) is 12.0 Å². The third kappa shape index (κ3) is 3.04. The average Bonchev–Trinajstić information content (AvgIpc) is 2.76. The lowest BCUT2D eigenvalue weighted by Gasteiger charge is -2.41. The lowest BCUT2D eigenvalue weighted by molar-refractivity contribution is -0.122. The van der Waals surface area contributed by atoms with Gasteiger partial charge >= 0.3 is 0 Å². The van der Waals surface area contributed by atoms with Gasteiger partial charge in [-0.3, -0.25) is 9.69 Å². The van der Waals surface area contributed by atoms with Gasteiger partial charge in [0.15, 0.2) is 0 Å². The van der Waals surface area contributed by atoms with Gasteiger partial charge in [0, 0.05) is 24.4 Å². The Hall–Kier alpha value is -0.610. The molecule has 2 aliphatic rings. The molecule has 4 heteroatoms. The van der Waals surface area contributed by atoms with Gasteiger partial charge in [-0.15, -0.1) is 0 Å². The van der Waals surface area contributed by atoms with Crippen molar-refractivity contribution in [2.75, 3.05) is 13.1 Å². The summed E-state index contributed by atoms with van der Waals surface area (Å²) in [7, 11) is 0. The zero-order valence-corrected chi connectivity index (χ0v) is 11.3. The minimum Gasteiger partial charge on any atom is -0.393 e. The molecule has 2 fully saturated rings. The van der Waals surface area contributed by atoms with E-state index in [2.05, 4.69) is 4.90 Å². The number of aliphatic hydroxyl groups is 1. The molecule has 104 valence electrons. The van der Waals surface area contributed by atoms with Crippen molar-refractivity contribution in [3.05, 3.63) is 0 Å². The average molecular weight is 254 g/mol. The highest BCUT2D eigenvalue weighted by molar-refractivity contribution is 5.76. The van der Waals surface area contributed by atoms with Crippen LogP contribution in [0, 0.1) is 11.8 Å². The third-order valence-corrected chi connectivity index (χ3v) is 4.68. The molecule has 0 aromatic heterocycles. The maximum Gasteiger partial charge on any atom is 0.221 e. The molecular weight excluding hydrogens is 228 g/mol. The van der Waals surface area contributed by atoms with Crippen LogP contribution >= 0.6 is 0 Å². The third-order valence-electron chi connectivity index (χ3n) is 4.68. The highest BCUT2D eigenvalue weighted by Crippen LogP contribution is 2.35. The monoisotopic (exact) mass is 254 g/mol. The van der Waals surface area contributed by atoms with Crippen LogP contribution < -0.4 is 5.73 Å². The maximum absolute atomic E-state index is 11.2. The first-order valence-corrected chi connectivity index (χ1v) is 7.31. The van der Waals surface area contributed by atoms with E-state index in [1.165, 1.54) is 12.8 Å². The zero-order chi connectivity index (χ0) is 13.1. The van der Waals surface area contributed by atoms with Gasteiger partial charge in [-0.05, 0) is 32.2 Å². The Morgan fingerprint density at radius 1 is 1.33 bits per heavy atom. The summed E-state index contributed by atoms with van der Waals surface area (Å²) in [5.74, 6) is 0.0980. The molecule has 0 aromatic carbocycles. The predicted octanol–water partition coefficient (Wildman–Crippen LogP) is 1.12. The van der Waals surface area contributed by atoms with Gasteiger partial charge in [0.25, 0.3) is 0 Å². The Morgan fingerprint density at radius 3 is 2.72 bits per heavy atom. The number of likely N-dealkylation sites (tertiary alicyclic amines) is 1. The Labute approximate surface area is 110 Å². The van der Waals surface area contributed by atoms with Crippen molar-refractivity contribution in [2.45, 2.75) is 57.6 Å². The Morgan fingerprint density at radius 2 is 2.11 bits per heavy atom. The van der Waals surface area contributed by atoms with Crippen molar-refractivity contribution in [1.82, 2.24) is 4.90 Å². The molecule has 1 amide bonds. The van der Waals surface area contributed by atoms with Gasteiger partial charge in [-0.1, -0.05) is 19.8 Å². The van der Waals surface area contributed by atoms with E-state index < -0.39 is 0 Å². The smallest absolute Gasteiger partial charge is 0.221 e. The Balaban J connectivity index is 1.99. The minimum absolute atomic E-state index is 0.0934. The van der Waals surface area contributed by atoms with Gasteiger partial charge < -0.3 is 10.8 Å². The van der Waals surface area contributed by atoms with Crippen molar-refractivity contribution in [3.63, 3.8) is 0 Å². The number of hydrogen-bond donors (Lipinski definition) is 2. The summed E-state index contributed by atoms with van der Waals surface area (Å²) in [6, 6.07) is 0.457. The number of carbonyl (C=O) groups is 1. The van der Waals surface area contributed by atoms with Crippen LogP contribution in [-0.4, -0.2) is 41.1 Å². The van der Waals surface area contributed by atoms with Crippen molar-refractivity contribution in [2.24, 2.45) is 17.6 Å². The number of primary amides is 1. The van der Waals surface area contributed by atoms with Crippen LogP contribution in [0.1, 0.15) is 45.4 Å². The van der Waals surface area contributed by atoms with Gasteiger partial charge in [-0.2, -0.15) is 0 Å². The minimum atomic E-state index is -0.216. The lowest BCUT2D eigenvalue weighted by atomic mass is 9.87. The molecule has 1 aliphatic heterocycles. The highest BCUT2D eigenvalue weighted by Gasteiger charge is 2.37. The number of rotatable bonds is 4. The van der Waals surface area contributed by atoms with E-state index >= 15 is 0 Å². The van der Waals surface area contributed by atoms with Crippen LogP contribution in [0.4, 0.5) is 0 Å². The molecule has 0 spiro atoms. The summed E-state index contributed by atoms with van der Waals surface area (Å²) in [6.45, 7) is 3.70. The lowest BCUT2D eigenvalue weighted by Crippen LogP contribution is -2.49. The molecule has 4 nitrogen and oxygen atoms in total. The predicted molar refractivity (Wildman–Crippen MR) is 70.9 cm³/mol. The normalized spacial score (nSPS) is 35.6. The van der Waals surface area contributed by atoms with Crippen LogP contribution in [-0.2, 0) is 4.79 Å².